The number of carbonyl (C=O) groups excluding carboxylic acids is 1. The van der Waals surface area contributed by atoms with Gasteiger partial charge in [0.2, 0.25) is 0 Å². The molecule has 128 valence electrons. The SMILES string of the molecule is COc1ccc(-c2nc(-c3cccc(C=O)c3)nn2CCCO)cc1. The number of aryl methyl sites for hydroxylation is 1. The number of aliphatic hydroxyl groups is 1. The highest BCUT2D eigenvalue weighted by Gasteiger charge is 2.14. The molecule has 0 atom stereocenters. The van der Waals surface area contributed by atoms with Crippen LogP contribution in [0.3, 0.4) is 0 Å². The summed E-state index contributed by atoms with van der Waals surface area (Å²) in [7, 11) is 1.62. The summed E-state index contributed by atoms with van der Waals surface area (Å²) in [6.45, 7) is 0.635. The number of carbonyl (C=O) groups is 1. The second-order valence-corrected chi connectivity index (χ2v) is 5.53. The first-order valence-corrected chi connectivity index (χ1v) is 8.01. The molecule has 0 bridgehead atoms. The van der Waals surface area contributed by atoms with Crippen LogP contribution in [-0.2, 0) is 6.54 Å². The van der Waals surface area contributed by atoms with E-state index < -0.39 is 0 Å². The van der Waals surface area contributed by atoms with Crippen LogP contribution in [0.4, 0.5) is 0 Å². The van der Waals surface area contributed by atoms with E-state index in [1.807, 2.05) is 30.3 Å². The quantitative estimate of drug-likeness (QED) is 0.671. The molecular formula is C19H19N3O3. The number of rotatable bonds is 7. The van der Waals surface area contributed by atoms with Gasteiger partial charge in [0.15, 0.2) is 11.6 Å². The number of hydrogen-bond acceptors (Lipinski definition) is 5. The Hall–Kier alpha value is -2.99. The molecule has 2 aromatic carbocycles. The Kier molecular flexibility index (Phi) is 5.20. The van der Waals surface area contributed by atoms with Gasteiger partial charge in [-0.1, -0.05) is 18.2 Å². The zero-order valence-electron chi connectivity index (χ0n) is 13.9. The molecule has 0 unspecified atom stereocenters. The predicted molar refractivity (Wildman–Crippen MR) is 94.5 cm³/mol. The first kappa shape index (κ1) is 16.9. The highest BCUT2D eigenvalue weighted by atomic mass is 16.5. The maximum atomic E-state index is 11.0. The van der Waals surface area contributed by atoms with Gasteiger partial charge in [-0.25, -0.2) is 9.67 Å². The van der Waals surface area contributed by atoms with E-state index in [4.69, 9.17) is 9.84 Å². The van der Waals surface area contributed by atoms with E-state index in [0.29, 0.717) is 30.2 Å². The van der Waals surface area contributed by atoms with Crippen molar-refractivity contribution >= 4 is 6.29 Å². The van der Waals surface area contributed by atoms with E-state index in [9.17, 15) is 4.79 Å². The molecule has 1 aromatic heterocycles. The van der Waals surface area contributed by atoms with Crippen molar-refractivity contribution in [2.24, 2.45) is 0 Å². The van der Waals surface area contributed by atoms with Gasteiger partial charge in [-0.05, 0) is 36.8 Å². The number of methoxy groups -OCH3 is 1. The van der Waals surface area contributed by atoms with Gasteiger partial charge in [0.1, 0.15) is 12.0 Å². The molecule has 6 heteroatoms. The Morgan fingerprint density at radius 1 is 1.16 bits per heavy atom. The molecule has 0 spiro atoms. The van der Waals surface area contributed by atoms with Crippen LogP contribution in [0.2, 0.25) is 0 Å². The highest BCUT2D eigenvalue weighted by molar-refractivity contribution is 5.77. The summed E-state index contributed by atoms with van der Waals surface area (Å²) < 4.78 is 6.97. The van der Waals surface area contributed by atoms with Crippen molar-refractivity contribution in [1.29, 1.82) is 0 Å². The summed E-state index contributed by atoms with van der Waals surface area (Å²) in [5.41, 5.74) is 2.27. The van der Waals surface area contributed by atoms with Crippen molar-refractivity contribution in [3.05, 3.63) is 54.1 Å². The van der Waals surface area contributed by atoms with Gasteiger partial charge in [-0.15, -0.1) is 0 Å². The predicted octanol–water partition coefficient (Wildman–Crippen LogP) is 2.82. The number of nitrogens with zero attached hydrogens (tertiary/aromatic N) is 3. The van der Waals surface area contributed by atoms with E-state index in [1.54, 1.807) is 30.0 Å². The monoisotopic (exact) mass is 337 g/mol. The van der Waals surface area contributed by atoms with E-state index in [1.165, 1.54) is 0 Å². The molecule has 0 saturated carbocycles. The van der Waals surface area contributed by atoms with Crippen LogP contribution >= 0.6 is 0 Å². The molecule has 6 nitrogen and oxygen atoms in total. The number of aldehydes is 1. The van der Waals surface area contributed by atoms with Crippen LogP contribution in [0.15, 0.2) is 48.5 Å². The average Bonchev–Trinajstić information content (AvgIpc) is 3.10. The lowest BCUT2D eigenvalue weighted by Crippen LogP contribution is -2.04. The summed E-state index contributed by atoms with van der Waals surface area (Å²) in [6, 6.07) is 14.8. The molecule has 0 radical (unpaired) electrons. The van der Waals surface area contributed by atoms with Crippen molar-refractivity contribution in [3.63, 3.8) is 0 Å². The average molecular weight is 337 g/mol. The third-order valence-electron chi connectivity index (χ3n) is 3.83. The Morgan fingerprint density at radius 2 is 1.96 bits per heavy atom. The van der Waals surface area contributed by atoms with Crippen molar-refractivity contribution in [2.75, 3.05) is 13.7 Å². The topological polar surface area (TPSA) is 77.2 Å². The summed E-state index contributed by atoms with van der Waals surface area (Å²) >= 11 is 0. The van der Waals surface area contributed by atoms with Crippen LogP contribution in [0.25, 0.3) is 22.8 Å². The minimum atomic E-state index is 0.0812. The van der Waals surface area contributed by atoms with E-state index in [-0.39, 0.29) is 6.61 Å². The normalized spacial score (nSPS) is 10.6. The fourth-order valence-corrected chi connectivity index (χ4v) is 2.55. The Balaban J connectivity index is 2.03. The first-order valence-electron chi connectivity index (χ1n) is 8.01. The van der Waals surface area contributed by atoms with Crippen molar-refractivity contribution in [3.8, 4) is 28.5 Å². The number of ether oxygens (including phenoxy) is 1. The van der Waals surface area contributed by atoms with E-state index >= 15 is 0 Å². The molecular weight excluding hydrogens is 318 g/mol. The maximum Gasteiger partial charge on any atom is 0.181 e. The lowest BCUT2D eigenvalue weighted by atomic mass is 10.1. The van der Waals surface area contributed by atoms with E-state index in [0.717, 1.165) is 23.2 Å². The Labute approximate surface area is 145 Å². The third-order valence-corrected chi connectivity index (χ3v) is 3.83. The second-order valence-electron chi connectivity index (χ2n) is 5.53. The second kappa shape index (κ2) is 7.72. The van der Waals surface area contributed by atoms with Crippen molar-refractivity contribution in [2.45, 2.75) is 13.0 Å². The van der Waals surface area contributed by atoms with Crippen LogP contribution < -0.4 is 4.74 Å². The summed E-state index contributed by atoms with van der Waals surface area (Å²) in [5.74, 6) is 2.03. The van der Waals surface area contributed by atoms with Gasteiger partial charge in [0.05, 0.1) is 7.11 Å². The molecule has 0 aliphatic carbocycles. The zero-order valence-corrected chi connectivity index (χ0v) is 13.9. The smallest absolute Gasteiger partial charge is 0.181 e. The highest BCUT2D eigenvalue weighted by Crippen LogP contribution is 2.25. The lowest BCUT2D eigenvalue weighted by Gasteiger charge is -2.05. The van der Waals surface area contributed by atoms with Gasteiger partial charge in [-0.2, -0.15) is 5.10 Å². The molecule has 25 heavy (non-hydrogen) atoms. The Bertz CT molecular complexity index is 857. The molecule has 3 rings (SSSR count). The molecule has 0 aliphatic heterocycles. The number of benzene rings is 2. The van der Waals surface area contributed by atoms with Gasteiger partial charge < -0.3 is 9.84 Å². The molecule has 3 aromatic rings. The lowest BCUT2D eigenvalue weighted by molar-refractivity contribution is 0.112. The van der Waals surface area contributed by atoms with E-state index in [2.05, 4.69) is 10.1 Å². The maximum absolute atomic E-state index is 11.0. The first-order chi connectivity index (χ1) is 12.2. The van der Waals surface area contributed by atoms with Crippen molar-refractivity contribution in [1.82, 2.24) is 14.8 Å². The molecule has 0 aliphatic rings. The van der Waals surface area contributed by atoms with Crippen LogP contribution in [-0.4, -0.2) is 39.9 Å². The summed E-state index contributed by atoms with van der Waals surface area (Å²) in [4.78, 5) is 15.6. The number of hydrogen-bond donors (Lipinski definition) is 1. The van der Waals surface area contributed by atoms with Crippen LogP contribution in [0.1, 0.15) is 16.8 Å². The summed E-state index contributed by atoms with van der Waals surface area (Å²) in [6.07, 6.45) is 1.39. The molecule has 1 heterocycles. The molecule has 0 amide bonds. The van der Waals surface area contributed by atoms with Gasteiger partial charge >= 0.3 is 0 Å². The minimum Gasteiger partial charge on any atom is -0.497 e. The van der Waals surface area contributed by atoms with Gasteiger partial charge in [0.25, 0.3) is 0 Å². The molecule has 0 saturated heterocycles. The number of aliphatic hydroxyl groups excluding tert-OH is 1. The summed E-state index contributed by atoms with van der Waals surface area (Å²) in [5, 5.41) is 13.7. The third kappa shape index (κ3) is 3.75. The molecule has 1 N–H and O–H groups in total. The van der Waals surface area contributed by atoms with Gasteiger partial charge in [-0.3, -0.25) is 4.79 Å². The zero-order chi connectivity index (χ0) is 17.6. The largest absolute Gasteiger partial charge is 0.497 e. The fourth-order valence-electron chi connectivity index (χ4n) is 2.55. The van der Waals surface area contributed by atoms with Crippen molar-refractivity contribution < 1.29 is 14.6 Å². The Morgan fingerprint density at radius 3 is 2.64 bits per heavy atom. The van der Waals surface area contributed by atoms with Crippen LogP contribution in [0, 0.1) is 0 Å². The van der Waals surface area contributed by atoms with Gasteiger partial charge in [0, 0.05) is 29.8 Å². The fraction of sp³-hybridized carbons (Fsp3) is 0.211. The molecule has 0 fully saturated rings. The minimum absolute atomic E-state index is 0.0812. The standard InChI is InChI=1S/C19H19N3O3/c1-25-17-8-6-15(7-9-17)19-20-18(21-22(19)10-3-11-23)16-5-2-4-14(12-16)13-24/h2,4-9,12-13,23H,3,10-11H2,1H3. The van der Waals surface area contributed by atoms with Crippen LogP contribution in [0.5, 0.6) is 5.75 Å². The number of aromatic nitrogens is 3.